The number of nitrogens with zero attached hydrogens (tertiary/aromatic N) is 1. The highest BCUT2D eigenvalue weighted by Gasteiger charge is 2.37. The van der Waals surface area contributed by atoms with Gasteiger partial charge in [-0.05, 0) is 31.6 Å². The molecule has 3 rings (SSSR count). The SMILES string of the molecule is ON=C1CCC2CC1C2. The fraction of sp³-hybridized carbons (Fsp3) is 0.857. The van der Waals surface area contributed by atoms with Gasteiger partial charge in [0.05, 0.1) is 5.71 Å². The fourth-order valence-corrected chi connectivity index (χ4v) is 1.93. The average Bonchev–Trinajstić information content (AvgIpc) is 1.86. The molecular weight excluding hydrogens is 114 g/mol. The van der Waals surface area contributed by atoms with Crippen LogP contribution in [0.5, 0.6) is 0 Å². The molecule has 50 valence electrons. The van der Waals surface area contributed by atoms with Crippen LogP contribution >= 0.6 is 0 Å². The van der Waals surface area contributed by atoms with Gasteiger partial charge in [-0.3, -0.25) is 0 Å². The largest absolute Gasteiger partial charge is 0.411 e. The summed E-state index contributed by atoms with van der Waals surface area (Å²) < 4.78 is 0. The molecule has 0 aromatic heterocycles. The predicted octanol–water partition coefficient (Wildman–Crippen LogP) is 1.64. The van der Waals surface area contributed by atoms with Gasteiger partial charge in [-0.25, -0.2) is 0 Å². The Morgan fingerprint density at radius 1 is 1.44 bits per heavy atom. The van der Waals surface area contributed by atoms with E-state index in [1.165, 1.54) is 19.3 Å². The van der Waals surface area contributed by atoms with Crippen LogP contribution in [0.1, 0.15) is 25.7 Å². The lowest BCUT2D eigenvalue weighted by Crippen LogP contribution is -2.36. The van der Waals surface area contributed by atoms with Gasteiger partial charge in [-0.1, -0.05) is 5.16 Å². The molecule has 0 radical (unpaired) electrons. The number of oxime groups is 1. The number of fused-ring (bicyclic) bond motifs is 2. The van der Waals surface area contributed by atoms with Gasteiger partial charge >= 0.3 is 0 Å². The molecular formula is C7H11NO. The molecule has 0 saturated heterocycles. The highest BCUT2D eigenvalue weighted by molar-refractivity contribution is 5.88. The van der Waals surface area contributed by atoms with E-state index in [2.05, 4.69) is 5.16 Å². The maximum absolute atomic E-state index is 8.47. The Kier molecular flexibility index (Phi) is 1.01. The van der Waals surface area contributed by atoms with Crippen molar-refractivity contribution in [3.8, 4) is 0 Å². The normalized spacial score (nSPS) is 44.7. The lowest BCUT2D eigenvalue weighted by molar-refractivity contribution is 0.202. The summed E-state index contributed by atoms with van der Waals surface area (Å²) in [5, 5.41) is 11.8. The second kappa shape index (κ2) is 1.72. The van der Waals surface area contributed by atoms with Crippen LogP contribution in [0.3, 0.4) is 0 Å². The highest BCUT2D eigenvalue weighted by atomic mass is 16.4. The molecule has 0 unspecified atom stereocenters. The molecule has 0 spiro atoms. The molecule has 0 aromatic rings. The van der Waals surface area contributed by atoms with Gasteiger partial charge in [0.15, 0.2) is 0 Å². The third-order valence-electron chi connectivity index (χ3n) is 2.64. The maximum Gasteiger partial charge on any atom is 0.0601 e. The molecule has 3 fully saturated rings. The smallest absolute Gasteiger partial charge is 0.0601 e. The van der Waals surface area contributed by atoms with Crippen molar-refractivity contribution < 1.29 is 5.21 Å². The number of hydrogen-bond donors (Lipinski definition) is 1. The fourth-order valence-electron chi connectivity index (χ4n) is 1.93. The minimum absolute atomic E-state index is 0.661. The minimum atomic E-state index is 0.661. The minimum Gasteiger partial charge on any atom is -0.411 e. The Morgan fingerprint density at radius 3 is 2.56 bits per heavy atom. The van der Waals surface area contributed by atoms with Crippen molar-refractivity contribution >= 4 is 5.71 Å². The number of rotatable bonds is 0. The standard InChI is InChI=1S/C7H11NO/c9-8-7-2-1-5-3-6(7)4-5/h5-6,9H,1-4H2. The zero-order chi connectivity index (χ0) is 6.27. The molecule has 3 aliphatic carbocycles. The molecule has 2 bridgehead atoms. The van der Waals surface area contributed by atoms with Crippen molar-refractivity contribution in [1.29, 1.82) is 0 Å². The highest BCUT2D eigenvalue weighted by Crippen LogP contribution is 2.43. The van der Waals surface area contributed by atoms with Crippen molar-refractivity contribution in [2.45, 2.75) is 25.7 Å². The first kappa shape index (κ1) is 5.27. The summed E-state index contributed by atoms with van der Waals surface area (Å²) in [7, 11) is 0. The first-order chi connectivity index (χ1) is 4.40. The molecule has 3 saturated carbocycles. The van der Waals surface area contributed by atoms with Gasteiger partial charge in [-0.15, -0.1) is 0 Å². The zero-order valence-electron chi connectivity index (χ0n) is 5.38. The molecule has 0 aromatic carbocycles. The van der Waals surface area contributed by atoms with Crippen LogP contribution in [-0.2, 0) is 0 Å². The predicted molar refractivity (Wildman–Crippen MR) is 34.7 cm³/mol. The Morgan fingerprint density at radius 2 is 2.22 bits per heavy atom. The molecule has 0 atom stereocenters. The van der Waals surface area contributed by atoms with Gasteiger partial charge in [0, 0.05) is 5.92 Å². The molecule has 2 nitrogen and oxygen atoms in total. The zero-order valence-corrected chi connectivity index (χ0v) is 5.38. The maximum atomic E-state index is 8.47. The third-order valence-corrected chi connectivity index (χ3v) is 2.64. The van der Waals surface area contributed by atoms with Gasteiger partial charge in [0.2, 0.25) is 0 Å². The Bertz CT molecular complexity index is 144. The summed E-state index contributed by atoms with van der Waals surface area (Å²) in [6.45, 7) is 0. The van der Waals surface area contributed by atoms with Gasteiger partial charge in [0.25, 0.3) is 0 Å². The Labute approximate surface area is 54.6 Å². The van der Waals surface area contributed by atoms with Crippen molar-refractivity contribution in [3.05, 3.63) is 0 Å². The van der Waals surface area contributed by atoms with Crippen LogP contribution in [0.2, 0.25) is 0 Å². The summed E-state index contributed by atoms with van der Waals surface area (Å²) in [5.41, 5.74) is 1.05. The summed E-state index contributed by atoms with van der Waals surface area (Å²) >= 11 is 0. The monoisotopic (exact) mass is 125 g/mol. The van der Waals surface area contributed by atoms with Crippen LogP contribution in [0.15, 0.2) is 5.16 Å². The van der Waals surface area contributed by atoms with Crippen LogP contribution in [0.25, 0.3) is 0 Å². The van der Waals surface area contributed by atoms with Crippen molar-refractivity contribution in [1.82, 2.24) is 0 Å². The van der Waals surface area contributed by atoms with E-state index in [1.807, 2.05) is 0 Å². The molecule has 0 heterocycles. The molecule has 0 amide bonds. The first-order valence-electron chi connectivity index (χ1n) is 3.61. The van der Waals surface area contributed by atoms with E-state index in [-0.39, 0.29) is 0 Å². The summed E-state index contributed by atoms with van der Waals surface area (Å²) in [6, 6.07) is 0. The lowest BCUT2D eigenvalue weighted by atomic mass is 9.64. The second-order valence-electron chi connectivity index (χ2n) is 3.16. The first-order valence-corrected chi connectivity index (χ1v) is 3.61. The van der Waals surface area contributed by atoms with Crippen molar-refractivity contribution in [2.75, 3.05) is 0 Å². The van der Waals surface area contributed by atoms with Crippen molar-refractivity contribution in [3.63, 3.8) is 0 Å². The van der Waals surface area contributed by atoms with Crippen LogP contribution in [-0.4, -0.2) is 10.9 Å². The van der Waals surface area contributed by atoms with E-state index in [0.717, 1.165) is 18.1 Å². The van der Waals surface area contributed by atoms with E-state index < -0.39 is 0 Å². The van der Waals surface area contributed by atoms with E-state index in [1.54, 1.807) is 0 Å². The summed E-state index contributed by atoms with van der Waals surface area (Å²) in [5.74, 6) is 1.63. The summed E-state index contributed by atoms with van der Waals surface area (Å²) in [4.78, 5) is 0. The lowest BCUT2D eigenvalue weighted by Gasteiger charge is -2.41. The molecule has 9 heavy (non-hydrogen) atoms. The quantitative estimate of drug-likeness (QED) is 0.387. The van der Waals surface area contributed by atoms with E-state index in [9.17, 15) is 0 Å². The molecule has 2 heteroatoms. The topological polar surface area (TPSA) is 32.6 Å². The third kappa shape index (κ3) is 0.655. The van der Waals surface area contributed by atoms with Crippen molar-refractivity contribution in [2.24, 2.45) is 17.0 Å². The number of hydrogen-bond acceptors (Lipinski definition) is 2. The van der Waals surface area contributed by atoms with Crippen LogP contribution in [0.4, 0.5) is 0 Å². The van der Waals surface area contributed by atoms with Gasteiger partial charge in [0.1, 0.15) is 0 Å². The average molecular weight is 125 g/mol. The van der Waals surface area contributed by atoms with Crippen LogP contribution < -0.4 is 0 Å². The van der Waals surface area contributed by atoms with E-state index >= 15 is 0 Å². The van der Waals surface area contributed by atoms with Gasteiger partial charge in [-0.2, -0.15) is 0 Å². The molecule has 1 N–H and O–H groups in total. The molecule has 3 aliphatic rings. The Balaban J connectivity index is 2.10. The second-order valence-corrected chi connectivity index (χ2v) is 3.16. The Hall–Kier alpha value is -0.530. The van der Waals surface area contributed by atoms with E-state index in [0.29, 0.717) is 5.92 Å². The van der Waals surface area contributed by atoms with E-state index in [4.69, 9.17) is 5.21 Å². The molecule has 0 aliphatic heterocycles. The van der Waals surface area contributed by atoms with Gasteiger partial charge < -0.3 is 5.21 Å². The van der Waals surface area contributed by atoms with Crippen LogP contribution in [0, 0.1) is 11.8 Å². The summed E-state index contributed by atoms with van der Waals surface area (Å²) in [6.07, 6.45) is 4.89.